The van der Waals surface area contributed by atoms with Crippen molar-refractivity contribution in [3.8, 4) is 0 Å². The molecule has 0 atom stereocenters. The number of hydrogen-bond acceptors (Lipinski definition) is 6. The third-order valence-electron chi connectivity index (χ3n) is 5.78. The average molecular weight is 475 g/mol. The monoisotopic (exact) mass is 474 g/mol. The van der Waals surface area contributed by atoms with Crippen LogP contribution in [0.15, 0.2) is 34.2 Å². The summed E-state index contributed by atoms with van der Waals surface area (Å²) in [6, 6.07) is 4.64. The maximum absolute atomic E-state index is 13.0. The summed E-state index contributed by atoms with van der Waals surface area (Å²) in [5.41, 5.74) is 2.21. The maximum Gasteiger partial charge on any atom is 0.262 e. The predicted molar refractivity (Wildman–Crippen MR) is 126 cm³/mol. The first-order chi connectivity index (χ1) is 15.2. The van der Waals surface area contributed by atoms with Crippen molar-refractivity contribution in [1.29, 1.82) is 0 Å². The predicted octanol–water partition coefficient (Wildman–Crippen LogP) is 2.92. The summed E-state index contributed by atoms with van der Waals surface area (Å²) < 4.78 is 27.4. The van der Waals surface area contributed by atoms with Crippen LogP contribution in [0.3, 0.4) is 0 Å². The molecule has 0 unspecified atom stereocenters. The zero-order chi connectivity index (χ0) is 23.0. The van der Waals surface area contributed by atoms with Crippen LogP contribution in [0.2, 0.25) is 0 Å². The lowest BCUT2D eigenvalue weighted by molar-refractivity contribution is -0.116. The van der Waals surface area contributed by atoms with Crippen LogP contribution in [0.1, 0.15) is 35.3 Å². The normalized spacial score (nSPS) is 14.0. The highest BCUT2D eigenvalue weighted by molar-refractivity contribution is 7.89. The number of nitrogens with one attached hydrogen (secondary N) is 1. The molecular weight excluding hydrogens is 448 g/mol. The Kier molecular flexibility index (Phi) is 6.19. The fraction of sp³-hybridized carbons (Fsp3) is 0.409. The molecule has 0 aliphatic heterocycles. The molecule has 32 heavy (non-hydrogen) atoms. The second kappa shape index (κ2) is 8.76. The third kappa shape index (κ3) is 4.22. The molecule has 0 fully saturated rings. The molecular formula is C22H26N4O4S2. The van der Waals surface area contributed by atoms with Gasteiger partial charge in [0.25, 0.3) is 5.56 Å². The molecule has 4 rings (SSSR count). The Hall–Kier alpha value is -2.56. The second-order valence-electron chi connectivity index (χ2n) is 8.20. The number of rotatable bonds is 6. The first kappa shape index (κ1) is 22.6. The summed E-state index contributed by atoms with van der Waals surface area (Å²) in [5.74, 6) is -0.299. The molecule has 2 aromatic heterocycles. The third-order valence-corrected chi connectivity index (χ3v) is 8.79. The van der Waals surface area contributed by atoms with E-state index in [1.807, 2.05) is 0 Å². The largest absolute Gasteiger partial charge is 0.326 e. The number of aryl methyl sites for hydroxylation is 4. The van der Waals surface area contributed by atoms with Crippen molar-refractivity contribution in [3.05, 3.63) is 50.9 Å². The van der Waals surface area contributed by atoms with Gasteiger partial charge in [0.05, 0.1) is 16.6 Å². The Labute approximate surface area is 190 Å². The second-order valence-corrected chi connectivity index (χ2v) is 11.4. The molecule has 0 saturated carbocycles. The van der Waals surface area contributed by atoms with Gasteiger partial charge in [0, 0.05) is 37.6 Å². The SMILES string of the molecule is Cc1ccc(S(=O)(=O)N(C)C)cc1NC(=O)CCn1cnc2sc3c(c2c1=O)CCCC3. The first-order valence-electron chi connectivity index (χ1n) is 10.5. The lowest BCUT2D eigenvalue weighted by Crippen LogP contribution is -2.24. The fourth-order valence-electron chi connectivity index (χ4n) is 3.88. The van der Waals surface area contributed by atoms with Crippen LogP contribution in [-0.2, 0) is 34.2 Å². The van der Waals surface area contributed by atoms with Crippen molar-refractivity contribution in [2.45, 2.75) is 50.5 Å². The smallest absolute Gasteiger partial charge is 0.262 e. The van der Waals surface area contributed by atoms with E-state index in [2.05, 4.69) is 10.3 Å². The van der Waals surface area contributed by atoms with Gasteiger partial charge in [0.15, 0.2) is 0 Å². The van der Waals surface area contributed by atoms with Crippen LogP contribution in [0.4, 0.5) is 5.69 Å². The summed E-state index contributed by atoms with van der Waals surface area (Å²) in [4.78, 5) is 32.2. The van der Waals surface area contributed by atoms with Crippen LogP contribution in [-0.4, -0.2) is 42.3 Å². The average Bonchev–Trinajstić information content (AvgIpc) is 3.14. The van der Waals surface area contributed by atoms with E-state index < -0.39 is 10.0 Å². The van der Waals surface area contributed by atoms with Crippen molar-refractivity contribution in [2.24, 2.45) is 0 Å². The number of benzene rings is 1. The number of carbonyl (C=O) groups is 1. The molecule has 1 amide bonds. The van der Waals surface area contributed by atoms with E-state index in [-0.39, 0.29) is 29.3 Å². The molecule has 0 spiro atoms. The molecule has 1 N–H and O–H groups in total. The minimum atomic E-state index is -3.61. The van der Waals surface area contributed by atoms with E-state index in [4.69, 9.17) is 0 Å². The van der Waals surface area contributed by atoms with E-state index >= 15 is 0 Å². The molecule has 8 nitrogen and oxygen atoms in total. The van der Waals surface area contributed by atoms with E-state index in [1.54, 1.807) is 24.3 Å². The van der Waals surface area contributed by atoms with Crippen molar-refractivity contribution in [1.82, 2.24) is 13.9 Å². The molecule has 2 heterocycles. The Morgan fingerprint density at radius 1 is 1.25 bits per heavy atom. The van der Waals surface area contributed by atoms with E-state index in [9.17, 15) is 18.0 Å². The van der Waals surface area contributed by atoms with Gasteiger partial charge in [-0.2, -0.15) is 0 Å². The van der Waals surface area contributed by atoms with Gasteiger partial charge in [-0.25, -0.2) is 17.7 Å². The number of anilines is 1. The van der Waals surface area contributed by atoms with Gasteiger partial charge in [-0.1, -0.05) is 6.07 Å². The van der Waals surface area contributed by atoms with Gasteiger partial charge in [0.1, 0.15) is 4.83 Å². The standard InChI is InChI=1S/C22H26N4O4S2/c1-14-8-9-15(32(29,30)25(2)3)12-17(14)24-19(27)10-11-26-13-23-21-20(22(26)28)16-6-4-5-7-18(16)31-21/h8-9,12-13H,4-7,10-11H2,1-3H3,(H,24,27). The molecule has 0 bridgehead atoms. The minimum absolute atomic E-state index is 0.0729. The Morgan fingerprint density at radius 3 is 2.75 bits per heavy atom. The number of sulfonamides is 1. The molecule has 10 heteroatoms. The lowest BCUT2D eigenvalue weighted by atomic mass is 9.97. The van der Waals surface area contributed by atoms with Crippen LogP contribution in [0, 0.1) is 6.92 Å². The fourth-order valence-corrected chi connectivity index (χ4v) is 6.03. The minimum Gasteiger partial charge on any atom is -0.326 e. The van der Waals surface area contributed by atoms with Crippen LogP contribution in [0.5, 0.6) is 0 Å². The van der Waals surface area contributed by atoms with Crippen LogP contribution < -0.4 is 10.9 Å². The van der Waals surface area contributed by atoms with Gasteiger partial charge < -0.3 is 5.32 Å². The van der Waals surface area contributed by atoms with Crippen LogP contribution >= 0.6 is 11.3 Å². The van der Waals surface area contributed by atoms with Gasteiger partial charge >= 0.3 is 0 Å². The maximum atomic E-state index is 13.0. The quantitative estimate of drug-likeness (QED) is 0.592. The Balaban J connectivity index is 1.51. The summed E-state index contributed by atoms with van der Waals surface area (Å²) in [5, 5.41) is 3.48. The van der Waals surface area contributed by atoms with Crippen LogP contribution in [0.25, 0.3) is 10.2 Å². The Bertz CT molecular complexity index is 1360. The van der Waals surface area contributed by atoms with Gasteiger partial charge in [-0.15, -0.1) is 11.3 Å². The zero-order valence-electron chi connectivity index (χ0n) is 18.3. The van der Waals surface area contributed by atoms with Gasteiger partial charge in [0.2, 0.25) is 15.9 Å². The van der Waals surface area contributed by atoms with Gasteiger partial charge in [-0.05, 0) is 55.9 Å². The number of thiophene rings is 1. The van der Waals surface area contributed by atoms with E-state index in [0.29, 0.717) is 11.1 Å². The molecule has 3 aromatic rings. The number of amides is 1. The van der Waals surface area contributed by atoms with Crippen molar-refractivity contribution in [2.75, 3.05) is 19.4 Å². The van der Waals surface area contributed by atoms with E-state index in [1.165, 1.54) is 42.0 Å². The number of hydrogen-bond donors (Lipinski definition) is 1. The molecule has 1 aromatic carbocycles. The summed E-state index contributed by atoms with van der Waals surface area (Å²) in [7, 11) is -0.689. The van der Waals surface area contributed by atoms with Gasteiger partial charge in [-0.3, -0.25) is 14.2 Å². The summed E-state index contributed by atoms with van der Waals surface area (Å²) in [6.45, 7) is 2.00. The summed E-state index contributed by atoms with van der Waals surface area (Å²) >= 11 is 1.60. The Morgan fingerprint density at radius 2 is 2.00 bits per heavy atom. The number of aromatic nitrogens is 2. The van der Waals surface area contributed by atoms with E-state index in [0.717, 1.165) is 45.9 Å². The summed E-state index contributed by atoms with van der Waals surface area (Å²) in [6.07, 6.45) is 5.71. The number of carbonyl (C=O) groups excluding carboxylic acids is 1. The van der Waals surface area contributed by atoms with Crippen molar-refractivity contribution >= 4 is 43.2 Å². The first-order valence-corrected chi connectivity index (χ1v) is 12.8. The highest BCUT2D eigenvalue weighted by Crippen LogP contribution is 2.33. The number of nitrogens with zero attached hydrogens (tertiary/aromatic N) is 3. The number of fused-ring (bicyclic) bond motifs is 3. The van der Waals surface area contributed by atoms with Crippen molar-refractivity contribution in [3.63, 3.8) is 0 Å². The van der Waals surface area contributed by atoms with Crippen molar-refractivity contribution < 1.29 is 13.2 Å². The highest BCUT2D eigenvalue weighted by atomic mass is 32.2. The highest BCUT2D eigenvalue weighted by Gasteiger charge is 2.21. The molecule has 1 aliphatic carbocycles. The topological polar surface area (TPSA) is 101 Å². The lowest BCUT2D eigenvalue weighted by Gasteiger charge is -2.14. The zero-order valence-corrected chi connectivity index (χ0v) is 20.0. The molecule has 1 aliphatic rings. The molecule has 170 valence electrons. The molecule has 0 radical (unpaired) electrons. The molecule has 0 saturated heterocycles.